The van der Waals surface area contributed by atoms with E-state index in [0.717, 1.165) is 18.1 Å². The van der Waals surface area contributed by atoms with Crippen LogP contribution in [0.2, 0.25) is 5.15 Å². The van der Waals surface area contributed by atoms with Gasteiger partial charge < -0.3 is 9.32 Å². The van der Waals surface area contributed by atoms with Gasteiger partial charge in [0.25, 0.3) is 0 Å². The standard InChI is InChI=1S/C11H11BrClN3O/c1-2-16(6-8-4-3-5-17-8)11-9(12)10(13)14-7-15-11/h3-5,7H,2,6H2,1H3. The number of hydrogen-bond donors (Lipinski definition) is 0. The molecule has 2 rings (SSSR count). The Morgan fingerprint density at radius 1 is 1.47 bits per heavy atom. The lowest BCUT2D eigenvalue weighted by Gasteiger charge is -2.21. The molecule has 0 bridgehead atoms. The molecule has 4 nitrogen and oxygen atoms in total. The summed E-state index contributed by atoms with van der Waals surface area (Å²) in [5, 5.41) is 0.410. The molecule has 6 heteroatoms. The van der Waals surface area contributed by atoms with E-state index in [4.69, 9.17) is 16.0 Å². The van der Waals surface area contributed by atoms with Gasteiger partial charge in [0.05, 0.1) is 17.3 Å². The van der Waals surface area contributed by atoms with Gasteiger partial charge >= 0.3 is 0 Å². The van der Waals surface area contributed by atoms with Crippen LogP contribution in [0.25, 0.3) is 0 Å². The zero-order valence-electron chi connectivity index (χ0n) is 9.23. The molecule has 0 aliphatic carbocycles. The number of anilines is 1. The molecule has 0 saturated heterocycles. The summed E-state index contributed by atoms with van der Waals surface area (Å²) in [6.07, 6.45) is 3.11. The van der Waals surface area contributed by atoms with Crippen LogP contribution in [0.5, 0.6) is 0 Å². The highest BCUT2D eigenvalue weighted by atomic mass is 79.9. The van der Waals surface area contributed by atoms with E-state index in [1.807, 2.05) is 19.1 Å². The Labute approximate surface area is 113 Å². The SMILES string of the molecule is CCN(Cc1ccco1)c1ncnc(Cl)c1Br. The van der Waals surface area contributed by atoms with Gasteiger partial charge in [-0.25, -0.2) is 9.97 Å². The third kappa shape index (κ3) is 2.79. The van der Waals surface area contributed by atoms with Crippen molar-refractivity contribution in [3.8, 4) is 0 Å². The molecule has 0 aromatic carbocycles. The second-order valence-corrected chi connectivity index (χ2v) is 4.55. The first kappa shape index (κ1) is 12.4. The molecule has 2 aromatic heterocycles. The second-order valence-electron chi connectivity index (χ2n) is 3.40. The summed E-state index contributed by atoms with van der Waals surface area (Å²) in [5.41, 5.74) is 0. The molecule has 90 valence electrons. The molecule has 0 spiro atoms. The van der Waals surface area contributed by atoms with Crippen molar-refractivity contribution in [3.05, 3.63) is 40.1 Å². The highest BCUT2D eigenvalue weighted by Crippen LogP contribution is 2.29. The minimum absolute atomic E-state index is 0.410. The van der Waals surface area contributed by atoms with Gasteiger partial charge in [0.2, 0.25) is 0 Å². The zero-order valence-corrected chi connectivity index (χ0v) is 11.6. The zero-order chi connectivity index (χ0) is 12.3. The van der Waals surface area contributed by atoms with Crippen LogP contribution >= 0.6 is 27.5 Å². The van der Waals surface area contributed by atoms with Crippen molar-refractivity contribution in [2.24, 2.45) is 0 Å². The molecule has 0 saturated carbocycles. The lowest BCUT2D eigenvalue weighted by Crippen LogP contribution is -2.23. The lowest BCUT2D eigenvalue weighted by molar-refractivity contribution is 0.502. The van der Waals surface area contributed by atoms with Crippen molar-refractivity contribution in [1.82, 2.24) is 9.97 Å². The maximum Gasteiger partial charge on any atom is 0.148 e. The van der Waals surface area contributed by atoms with Crippen molar-refractivity contribution in [2.45, 2.75) is 13.5 Å². The van der Waals surface area contributed by atoms with Crippen molar-refractivity contribution in [1.29, 1.82) is 0 Å². The van der Waals surface area contributed by atoms with Crippen LogP contribution in [-0.2, 0) is 6.54 Å². The molecule has 0 atom stereocenters. The van der Waals surface area contributed by atoms with E-state index in [9.17, 15) is 0 Å². The van der Waals surface area contributed by atoms with Gasteiger partial charge in [-0.3, -0.25) is 0 Å². The largest absolute Gasteiger partial charge is 0.467 e. The van der Waals surface area contributed by atoms with Gasteiger partial charge in [-0.15, -0.1) is 0 Å². The van der Waals surface area contributed by atoms with E-state index in [1.165, 1.54) is 6.33 Å². The van der Waals surface area contributed by atoms with E-state index in [-0.39, 0.29) is 0 Å². The van der Waals surface area contributed by atoms with Crippen LogP contribution in [0.15, 0.2) is 33.6 Å². The Balaban J connectivity index is 2.26. The summed E-state index contributed by atoms with van der Waals surface area (Å²) >= 11 is 9.35. The minimum Gasteiger partial charge on any atom is -0.467 e. The number of halogens is 2. The first-order valence-corrected chi connectivity index (χ1v) is 6.32. The fourth-order valence-electron chi connectivity index (χ4n) is 1.49. The third-order valence-corrected chi connectivity index (χ3v) is 3.58. The van der Waals surface area contributed by atoms with Crippen molar-refractivity contribution in [3.63, 3.8) is 0 Å². The van der Waals surface area contributed by atoms with Crippen LogP contribution in [0.3, 0.4) is 0 Å². The van der Waals surface area contributed by atoms with E-state index < -0.39 is 0 Å². The van der Waals surface area contributed by atoms with Gasteiger partial charge in [-0.1, -0.05) is 11.6 Å². The smallest absolute Gasteiger partial charge is 0.148 e. The molecule has 17 heavy (non-hydrogen) atoms. The summed E-state index contributed by atoms with van der Waals surface area (Å²) in [5.74, 6) is 1.65. The van der Waals surface area contributed by atoms with Gasteiger partial charge in [-0.2, -0.15) is 0 Å². The van der Waals surface area contributed by atoms with Crippen LogP contribution in [0.4, 0.5) is 5.82 Å². The molecule has 0 aliphatic heterocycles. The predicted octanol–water partition coefficient (Wildman–Crippen LogP) is 3.51. The molecule has 2 aromatic rings. The summed E-state index contributed by atoms with van der Waals surface area (Å²) in [7, 11) is 0. The van der Waals surface area contributed by atoms with Crippen molar-refractivity contribution in [2.75, 3.05) is 11.4 Å². The highest BCUT2D eigenvalue weighted by Gasteiger charge is 2.14. The molecular formula is C11H11BrClN3O. The number of aromatic nitrogens is 2. The molecule has 0 fully saturated rings. The average Bonchev–Trinajstić information content (AvgIpc) is 2.83. The monoisotopic (exact) mass is 315 g/mol. The maximum atomic E-state index is 5.95. The Morgan fingerprint density at radius 3 is 2.94 bits per heavy atom. The van der Waals surface area contributed by atoms with Gasteiger partial charge in [0, 0.05) is 6.54 Å². The van der Waals surface area contributed by atoms with E-state index in [2.05, 4.69) is 30.8 Å². The summed E-state index contributed by atoms with van der Waals surface area (Å²) in [6.45, 7) is 3.49. The number of furan rings is 1. The number of nitrogens with zero attached hydrogens (tertiary/aromatic N) is 3. The van der Waals surface area contributed by atoms with Crippen molar-refractivity contribution < 1.29 is 4.42 Å². The van der Waals surface area contributed by atoms with E-state index >= 15 is 0 Å². The molecule has 0 unspecified atom stereocenters. The minimum atomic E-state index is 0.410. The van der Waals surface area contributed by atoms with Crippen LogP contribution in [0.1, 0.15) is 12.7 Å². The first-order valence-electron chi connectivity index (χ1n) is 5.15. The van der Waals surface area contributed by atoms with E-state index in [1.54, 1.807) is 6.26 Å². The average molecular weight is 317 g/mol. The lowest BCUT2D eigenvalue weighted by atomic mass is 10.4. The number of hydrogen-bond acceptors (Lipinski definition) is 4. The summed E-state index contributed by atoms with van der Waals surface area (Å²) in [6, 6.07) is 3.80. The van der Waals surface area contributed by atoms with Gasteiger partial charge in [0.1, 0.15) is 23.1 Å². The molecule has 0 amide bonds. The summed E-state index contributed by atoms with van der Waals surface area (Å²) < 4.78 is 6.03. The van der Waals surface area contributed by atoms with Crippen LogP contribution < -0.4 is 4.90 Å². The fraction of sp³-hybridized carbons (Fsp3) is 0.273. The Hall–Kier alpha value is -1.07. The fourth-order valence-corrected chi connectivity index (χ4v) is 2.07. The molecule has 0 aliphatic rings. The van der Waals surface area contributed by atoms with E-state index in [0.29, 0.717) is 16.2 Å². The van der Waals surface area contributed by atoms with Crippen LogP contribution in [0, 0.1) is 0 Å². The topological polar surface area (TPSA) is 42.2 Å². The van der Waals surface area contributed by atoms with Gasteiger partial charge in [-0.05, 0) is 35.0 Å². The normalized spacial score (nSPS) is 10.5. The molecular weight excluding hydrogens is 305 g/mol. The molecule has 2 heterocycles. The predicted molar refractivity (Wildman–Crippen MR) is 70.2 cm³/mol. The Bertz CT molecular complexity index is 489. The maximum absolute atomic E-state index is 5.95. The summed E-state index contributed by atoms with van der Waals surface area (Å²) in [4.78, 5) is 10.2. The Morgan fingerprint density at radius 2 is 2.29 bits per heavy atom. The van der Waals surface area contributed by atoms with Gasteiger partial charge in [0.15, 0.2) is 0 Å². The van der Waals surface area contributed by atoms with Crippen LogP contribution in [-0.4, -0.2) is 16.5 Å². The van der Waals surface area contributed by atoms with Crippen molar-refractivity contribution >= 4 is 33.3 Å². The molecule has 0 radical (unpaired) electrons. The second kappa shape index (κ2) is 5.51. The third-order valence-electron chi connectivity index (χ3n) is 2.34. The highest BCUT2D eigenvalue weighted by molar-refractivity contribution is 9.10. The first-order chi connectivity index (χ1) is 8.22. The Kier molecular flexibility index (Phi) is 4.02. The quantitative estimate of drug-likeness (QED) is 0.810. The number of rotatable bonds is 4. The molecule has 0 N–H and O–H groups in total.